The maximum atomic E-state index is 13.4. The van der Waals surface area contributed by atoms with Crippen LogP contribution in [0.3, 0.4) is 0 Å². The lowest BCUT2D eigenvalue weighted by molar-refractivity contribution is -0.139. The number of nitriles is 1. The SMILES string of the molecule is N#CC1(NS(=O)(=O)c2cc(N3CCN(C(=O)C4CC(N)C4)CC3)c3cnc(-c4nnc(C(F)(F)F)s4)n3c2)CC1. The van der Waals surface area contributed by atoms with E-state index in [9.17, 15) is 31.6 Å². The standard InChI is InChI=1S/C23H24F3N9O3S2/c24-23(25,26)21-31-30-19(39-21)18-29-10-17-16(33-3-5-34(6-4-33)20(36)13-7-14(28)8-13)9-15(11-35(17)18)40(37,38)32-22(12-27)1-2-22/h9-11,13-14,32H,1-8,28H2. The lowest BCUT2D eigenvalue weighted by atomic mass is 9.80. The van der Waals surface area contributed by atoms with Gasteiger partial charge in [-0.1, -0.05) is 11.3 Å². The van der Waals surface area contributed by atoms with Crippen molar-refractivity contribution < 1.29 is 26.4 Å². The Kier molecular flexibility index (Phi) is 6.29. The Labute approximate surface area is 230 Å². The van der Waals surface area contributed by atoms with Crippen molar-refractivity contribution >= 4 is 38.5 Å². The Morgan fingerprint density at radius 1 is 1.20 bits per heavy atom. The van der Waals surface area contributed by atoms with Gasteiger partial charge >= 0.3 is 6.18 Å². The van der Waals surface area contributed by atoms with Gasteiger partial charge in [0.25, 0.3) is 0 Å². The van der Waals surface area contributed by atoms with Gasteiger partial charge < -0.3 is 15.5 Å². The van der Waals surface area contributed by atoms with Crippen molar-refractivity contribution in [2.24, 2.45) is 11.7 Å². The Balaban J connectivity index is 1.36. The number of hydrogen-bond acceptors (Lipinski definition) is 10. The van der Waals surface area contributed by atoms with Crippen molar-refractivity contribution in [3.63, 3.8) is 0 Å². The molecule has 0 spiro atoms. The number of imidazole rings is 1. The first kappa shape index (κ1) is 26.9. The highest BCUT2D eigenvalue weighted by Gasteiger charge is 2.47. The van der Waals surface area contributed by atoms with Crippen LogP contribution >= 0.6 is 11.3 Å². The molecule has 17 heteroatoms. The zero-order valence-electron chi connectivity index (χ0n) is 20.9. The predicted octanol–water partition coefficient (Wildman–Crippen LogP) is 1.59. The maximum absolute atomic E-state index is 13.4. The summed E-state index contributed by atoms with van der Waals surface area (Å²) in [5.41, 5.74) is 5.58. The molecule has 3 N–H and O–H groups in total. The summed E-state index contributed by atoms with van der Waals surface area (Å²) >= 11 is 0.299. The molecule has 2 aliphatic carbocycles. The third-order valence-electron chi connectivity index (χ3n) is 7.51. The summed E-state index contributed by atoms with van der Waals surface area (Å²) in [4.78, 5) is 20.6. The van der Waals surface area contributed by atoms with Crippen LogP contribution in [0.25, 0.3) is 16.3 Å². The number of pyridine rings is 1. The first-order valence-corrected chi connectivity index (χ1v) is 14.9. The summed E-state index contributed by atoms with van der Waals surface area (Å²) in [5, 5.41) is 15.0. The van der Waals surface area contributed by atoms with E-state index in [-0.39, 0.29) is 33.6 Å². The Morgan fingerprint density at radius 3 is 2.48 bits per heavy atom. The molecule has 40 heavy (non-hydrogen) atoms. The van der Waals surface area contributed by atoms with Gasteiger partial charge in [0.15, 0.2) is 10.8 Å². The van der Waals surface area contributed by atoms with E-state index in [1.807, 2.05) is 11.0 Å². The predicted molar refractivity (Wildman–Crippen MR) is 136 cm³/mol. The van der Waals surface area contributed by atoms with E-state index in [4.69, 9.17) is 5.73 Å². The van der Waals surface area contributed by atoms with E-state index in [1.165, 1.54) is 22.9 Å². The minimum Gasteiger partial charge on any atom is -0.366 e. The first-order chi connectivity index (χ1) is 18.9. The third kappa shape index (κ3) is 4.78. The van der Waals surface area contributed by atoms with Gasteiger partial charge in [-0.3, -0.25) is 9.20 Å². The fraction of sp³-hybridized carbons (Fsp3) is 0.522. The molecule has 3 aliphatic rings. The topological polar surface area (TPSA) is 163 Å². The number of nitrogens with one attached hydrogen (secondary N) is 1. The fourth-order valence-electron chi connectivity index (χ4n) is 5.01. The first-order valence-electron chi connectivity index (χ1n) is 12.6. The highest BCUT2D eigenvalue weighted by atomic mass is 32.2. The number of hydrogen-bond donors (Lipinski definition) is 2. The Hall–Kier alpha value is -3.33. The van der Waals surface area contributed by atoms with E-state index >= 15 is 0 Å². The third-order valence-corrected chi connectivity index (χ3v) is 9.98. The minimum absolute atomic E-state index is 0.00199. The molecule has 0 radical (unpaired) electrons. The van der Waals surface area contributed by atoms with Gasteiger partial charge in [0, 0.05) is 44.3 Å². The number of halogens is 3. The van der Waals surface area contributed by atoms with Gasteiger partial charge in [-0.25, -0.2) is 13.4 Å². The summed E-state index contributed by atoms with van der Waals surface area (Å²) in [6.07, 6.45) is 0.0829. The van der Waals surface area contributed by atoms with Crippen LogP contribution in [0.5, 0.6) is 0 Å². The average Bonchev–Trinajstić information content (AvgIpc) is 3.27. The van der Waals surface area contributed by atoms with E-state index in [0.717, 1.165) is 0 Å². The number of piperazine rings is 1. The van der Waals surface area contributed by atoms with Crippen LogP contribution in [0.1, 0.15) is 30.7 Å². The second-order valence-corrected chi connectivity index (χ2v) is 13.0. The highest BCUT2D eigenvalue weighted by Crippen LogP contribution is 2.38. The van der Waals surface area contributed by atoms with Crippen molar-refractivity contribution in [1.29, 1.82) is 5.26 Å². The quantitative estimate of drug-likeness (QED) is 0.431. The zero-order chi connectivity index (χ0) is 28.4. The van der Waals surface area contributed by atoms with E-state index in [0.29, 0.717) is 74.4 Å². The second-order valence-electron chi connectivity index (χ2n) is 10.3. The zero-order valence-corrected chi connectivity index (χ0v) is 22.6. The molecule has 4 heterocycles. The van der Waals surface area contributed by atoms with E-state index in [2.05, 4.69) is 19.9 Å². The number of aromatic nitrogens is 4. The van der Waals surface area contributed by atoms with Crippen molar-refractivity contribution in [1.82, 2.24) is 29.2 Å². The molecular weight excluding hydrogens is 571 g/mol. The molecule has 3 aromatic heterocycles. The molecule has 0 bridgehead atoms. The van der Waals surface area contributed by atoms with Crippen LogP contribution in [0.2, 0.25) is 0 Å². The van der Waals surface area contributed by atoms with Crippen LogP contribution in [0.15, 0.2) is 23.4 Å². The van der Waals surface area contributed by atoms with Crippen LogP contribution < -0.4 is 15.4 Å². The summed E-state index contributed by atoms with van der Waals surface area (Å²) in [5.74, 6) is -0.0203. The van der Waals surface area contributed by atoms with Crippen LogP contribution in [0.4, 0.5) is 18.9 Å². The van der Waals surface area contributed by atoms with Crippen LogP contribution in [0, 0.1) is 17.2 Å². The van der Waals surface area contributed by atoms with Crippen molar-refractivity contribution in [3.8, 4) is 16.9 Å². The van der Waals surface area contributed by atoms with Gasteiger partial charge in [0.1, 0.15) is 10.4 Å². The number of rotatable bonds is 6. The Morgan fingerprint density at radius 2 is 1.90 bits per heavy atom. The number of carbonyl (C=O) groups excluding carboxylic acids is 1. The molecule has 3 aromatic rings. The van der Waals surface area contributed by atoms with Gasteiger partial charge in [0.2, 0.25) is 20.9 Å². The number of alkyl halides is 3. The number of anilines is 1. The summed E-state index contributed by atoms with van der Waals surface area (Å²) in [7, 11) is -4.19. The number of fused-ring (bicyclic) bond motifs is 1. The molecule has 12 nitrogen and oxygen atoms in total. The number of sulfonamides is 1. The largest absolute Gasteiger partial charge is 0.445 e. The molecule has 6 rings (SSSR count). The number of amides is 1. The molecule has 212 valence electrons. The van der Waals surface area contributed by atoms with Gasteiger partial charge in [0.05, 0.1) is 23.5 Å². The molecule has 3 fully saturated rings. The molecule has 2 saturated carbocycles. The van der Waals surface area contributed by atoms with Crippen molar-refractivity contribution in [2.75, 3.05) is 31.1 Å². The molecule has 1 saturated heterocycles. The summed E-state index contributed by atoms with van der Waals surface area (Å²) in [6, 6.07) is 3.50. The second kappa shape index (κ2) is 9.36. The fourth-order valence-corrected chi connectivity index (χ4v) is 7.11. The van der Waals surface area contributed by atoms with E-state index < -0.39 is 26.7 Å². The lowest BCUT2D eigenvalue weighted by Gasteiger charge is -2.40. The lowest BCUT2D eigenvalue weighted by Crippen LogP contribution is -2.53. The summed E-state index contributed by atoms with van der Waals surface area (Å²) < 4.78 is 70.1. The van der Waals surface area contributed by atoms with Gasteiger partial charge in [-0.05, 0) is 31.7 Å². The average molecular weight is 596 g/mol. The smallest absolute Gasteiger partial charge is 0.366 e. The number of nitrogens with zero attached hydrogens (tertiary/aromatic N) is 7. The minimum atomic E-state index is -4.69. The van der Waals surface area contributed by atoms with Crippen LogP contribution in [-0.4, -0.2) is 76.6 Å². The van der Waals surface area contributed by atoms with Crippen LogP contribution in [-0.2, 0) is 21.0 Å². The molecule has 1 aliphatic heterocycles. The molecule has 0 unspecified atom stereocenters. The number of carbonyl (C=O) groups is 1. The Bertz CT molecular complexity index is 1630. The van der Waals surface area contributed by atoms with Crippen molar-refractivity contribution in [3.05, 3.63) is 23.5 Å². The maximum Gasteiger partial charge on any atom is 0.445 e. The highest BCUT2D eigenvalue weighted by molar-refractivity contribution is 7.89. The van der Waals surface area contributed by atoms with Crippen molar-refractivity contribution in [2.45, 2.75) is 48.3 Å². The molecule has 0 aromatic carbocycles. The monoisotopic (exact) mass is 595 g/mol. The van der Waals surface area contributed by atoms with Gasteiger partial charge in [-0.15, -0.1) is 10.2 Å². The normalized spacial score (nSPS) is 22.7. The molecule has 0 atom stereocenters. The molecular formula is C23H24F3N9O3S2. The molecule has 1 amide bonds. The van der Waals surface area contributed by atoms with E-state index in [1.54, 1.807) is 4.90 Å². The van der Waals surface area contributed by atoms with Gasteiger partial charge in [-0.2, -0.15) is 23.2 Å². The summed E-state index contributed by atoms with van der Waals surface area (Å²) in [6.45, 7) is 1.62. The number of nitrogens with two attached hydrogens (primary N) is 1.